The van der Waals surface area contributed by atoms with E-state index in [0.717, 1.165) is 10.0 Å². The number of nitro benzene ring substituents is 1. The average molecular weight is 504 g/mol. The van der Waals surface area contributed by atoms with Gasteiger partial charge in [0, 0.05) is 21.8 Å². The van der Waals surface area contributed by atoms with Crippen molar-refractivity contribution in [3.63, 3.8) is 0 Å². The lowest BCUT2D eigenvalue weighted by Crippen LogP contribution is -2.10. The molecule has 9 heteroatoms. The number of fused-ring (bicyclic) bond motifs is 1. The third kappa shape index (κ3) is 4.13. The van der Waals surface area contributed by atoms with Gasteiger partial charge in [-0.1, -0.05) is 34.1 Å². The molecule has 162 valence electrons. The van der Waals surface area contributed by atoms with E-state index in [-0.39, 0.29) is 17.2 Å². The highest BCUT2D eigenvalue weighted by Gasteiger charge is 2.19. The second kappa shape index (κ2) is 8.36. The number of amides is 1. The average Bonchev–Trinajstić information content (AvgIpc) is 3.46. The van der Waals surface area contributed by atoms with Crippen LogP contribution in [0.5, 0.6) is 0 Å². The zero-order valence-electron chi connectivity index (χ0n) is 16.8. The first-order valence-corrected chi connectivity index (χ1v) is 10.6. The number of furan rings is 1. The SMILES string of the molecule is O=C(Nc1ccc2oc(-c3cccc(Br)c3)nc2c1)c1ccc(-c2ccccc2[N+](=O)[O-])o1. The second-order valence-corrected chi connectivity index (χ2v) is 8.02. The van der Waals surface area contributed by atoms with Crippen molar-refractivity contribution in [3.05, 3.63) is 99.2 Å². The largest absolute Gasteiger partial charge is 0.451 e. The monoisotopic (exact) mass is 503 g/mol. The van der Waals surface area contributed by atoms with Crippen LogP contribution >= 0.6 is 15.9 Å². The zero-order chi connectivity index (χ0) is 22.9. The fraction of sp³-hybridized carbons (Fsp3) is 0. The summed E-state index contributed by atoms with van der Waals surface area (Å²) in [5.74, 6) is 0.237. The molecule has 0 bridgehead atoms. The van der Waals surface area contributed by atoms with Gasteiger partial charge in [0.2, 0.25) is 5.89 Å². The molecule has 33 heavy (non-hydrogen) atoms. The van der Waals surface area contributed by atoms with E-state index in [1.54, 1.807) is 36.4 Å². The lowest BCUT2D eigenvalue weighted by molar-refractivity contribution is -0.384. The van der Waals surface area contributed by atoms with Crippen LogP contribution in [0.15, 0.2) is 92.2 Å². The van der Waals surface area contributed by atoms with E-state index < -0.39 is 10.8 Å². The Balaban J connectivity index is 1.38. The van der Waals surface area contributed by atoms with Gasteiger partial charge in [0.15, 0.2) is 11.3 Å². The molecule has 0 aliphatic heterocycles. The minimum atomic E-state index is -0.493. The molecule has 0 aliphatic rings. The summed E-state index contributed by atoms with van der Waals surface area (Å²) in [5.41, 5.74) is 2.69. The van der Waals surface area contributed by atoms with Crippen LogP contribution in [0.1, 0.15) is 10.6 Å². The van der Waals surface area contributed by atoms with Gasteiger partial charge < -0.3 is 14.2 Å². The zero-order valence-corrected chi connectivity index (χ0v) is 18.4. The Labute approximate surface area is 195 Å². The molecule has 3 aromatic carbocycles. The Morgan fingerprint density at radius 1 is 0.970 bits per heavy atom. The molecule has 1 amide bonds. The maximum absolute atomic E-state index is 12.7. The number of oxazole rings is 1. The van der Waals surface area contributed by atoms with Gasteiger partial charge in [-0.05, 0) is 54.6 Å². The van der Waals surface area contributed by atoms with E-state index >= 15 is 0 Å². The number of nitro groups is 1. The van der Waals surface area contributed by atoms with E-state index in [9.17, 15) is 14.9 Å². The van der Waals surface area contributed by atoms with E-state index in [1.807, 2.05) is 24.3 Å². The molecule has 0 fully saturated rings. The van der Waals surface area contributed by atoms with Crippen LogP contribution < -0.4 is 5.32 Å². The number of benzene rings is 3. The van der Waals surface area contributed by atoms with E-state index in [2.05, 4.69) is 26.2 Å². The van der Waals surface area contributed by atoms with Gasteiger partial charge in [0.1, 0.15) is 11.3 Å². The van der Waals surface area contributed by atoms with Crippen LogP contribution in [-0.4, -0.2) is 15.8 Å². The molecule has 0 spiro atoms. The van der Waals surface area contributed by atoms with Gasteiger partial charge in [0.25, 0.3) is 11.6 Å². The first kappa shape index (κ1) is 20.7. The predicted octanol–water partition coefficient (Wildman–Crippen LogP) is 6.68. The molecule has 5 aromatic rings. The van der Waals surface area contributed by atoms with Gasteiger partial charge in [-0.15, -0.1) is 0 Å². The Bertz CT molecular complexity index is 1520. The molecule has 0 unspecified atom stereocenters. The molecule has 2 aromatic heterocycles. The predicted molar refractivity (Wildman–Crippen MR) is 126 cm³/mol. The van der Waals surface area contributed by atoms with Crippen molar-refractivity contribution in [2.24, 2.45) is 0 Å². The summed E-state index contributed by atoms with van der Waals surface area (Å²) < 4.78 is 12.3. The highest BCUT2D eigenvalue weighted by molar-refractivity contribution is 9.10. The number of hydrogen-bond acceptors (Lipinski definition) is 6. The number of anilines is 1. The molecule has 0 atom stereocenters. The minimum Gasteiger partial charge on any atom is -0.451 e. The van der Waals surface area contributed by atoms with Gasteiger partial charge >= 0.3 is 0 Å². The summed E-state index contributed by atoms with van der Waals surface area (Å²) in [5, 5.41) is 14.0. The number of hydrogen-bond donors (Lipinski definition) is 1. The lowest BCUT2D eigenvalue weighted by Gasteiger charge is -2.03. The number of rotatable bonds is 5. The van der Waals surface area contributed by atoms with Crippen molar-refractivity contribution in [1.29, 1.82) is 0 Å². The fourth-order valence-corrected chi connectivity index (χ4v) is 3.79. The molecule has 2 heterocycles. The number of nitrogens with zero attached hydrogens (tertiary/aromatic N) is 2. The Morgan fingerprint density at radius 3 is 2.64 bits per heavy atom. The molecule has 8 nitrogen and oxygen atoms in total. The molecular weight excluding hydrogens is 490 g/mol. The van der Waals surface area contributed by atoms with Crippen LogP contribution in [0.3, 0.4) is 0 Å². The van der Waals surface area contributed by atoms with E-state index in [1.165, 1.54) is 18.2 Å². The first-order valence-electron chi connectivity index (χ1n) is 9.79. The number of carbonyl (C=O) groups is 1. The minimum absolute atomic E-state index is 0.0261. The molecule has 0 saturated carbocycles. The maximum Gasteiger partial charge on any atom is 0.291 e. The summed E-state index contributed by atoms with van der Waals surface area (Å²) >= 11 is 3.43. The van der Waals surface area contributed by atoms with Crippen LogP contribution in [0.25, 0.3) is 33.9 Å². The Morgan fingerprint density at radius 2 is 1.82 bits per heavy atom. The summed E-state index contributed by atoms with van der Waals surface area (Å²) in [6.45, 7) is 0. The van der Waals surface area contributed by atoms with Gasteiger partial charge in [-0.3, -0.25) is 14.9 Å². The van der Waals surface area contributed by atoms with Crippen molar-refractivity contribution in [2.75, 3.05) is 5.32 Å². The molecule has 0 saturated heterocycles. The number of aromatic nitrogens is 1. The highest BCUT2D eigenvalue weighted by Crippen LogP contribution is 2.31. The normalized spacial score (nSPS) is 10.9. The maximum atomic E-state index is 12.7. The third-order valence-electron chi connectivity index (χ3n) is 4.91. The van der Waals surface area contributed by atoms with Crippen LogP contribution in [0.4, 0.5) is 11.4 Å². The van der Waals surface area contributed by atoms with Crippen molar-refractivity contribution in [3.8, 4) is 22.8 Å². The van der Waals surface area contributed by atoms with Gasteiger partial charge in [-0.2, -0.15) is 0 Å². The summed E-state index contributed by atoms with van der Waals surface area (Å²) in [4.78, 5) is 28.0. The van der Waals surface area contributed by atoms with Gasteiger partial charge in [-0.25, -0.2) is 4.98 Å². The fourth-order valence-electron chi connectivity index (χ4n) is 3.39. The lowest BCUT2D eigenvalue weighted by atomic mass is 10.1. The van der Waals surface area contributed by atoms with Crippen LogP contribution in [0, 0.1) is 10.1 Å². The van der Waals surface area contributed by atoms with Crippen molar-refractivity contribution in [2.45, 2.75) is 0 Å². The highest BCUT2D eigenvalue weighted by atomic mass is 79.9. The smallest absolute Gasteiger partial charge is 0.291 e. The molecule has 0 aliphatic carbocycles. The summed E-state index contributed by atoms with van der Waals surface area (Å²) in [6.07, 6.45) is 0. The van der Waals surface area contributed by atoms with Crippen LogP contribution in [0.2, 0.25) is 0 Å². The van der Waals surface area contributed by atoms with Crippen molar-refractivity contribution < 1.29 is 18.6 Å². The van der Waals surface area contributed by atoms with E-state index in [0.29, 0.717) is 28.2 Å². The number of carbonyl (C=O) groups excluding carboxylic acids is 1. The quantitative estimate of drug-likeness (QED) is 0.211. The third-order valence-corrected chi connectivity index (χ3v) is 5.41. The Hall–Kier alpha value is -4.24. The van der Waals surface area contributed by atoms with Crippen molar-refractivity contribution >= 4 is 44.3 Å². The van der Waals surface area contributed by atoms with E-state index in [4.69, 9.17) is 8.83 Å². The summed E-state index contributed by atoms with van der Waals surface area (Å²) in [6, 6.07) is 21.9. The number of halogens is 1. The van der Waals surface area contributed by atoms with Gasteiger partial charge in [0.05, 0.1) is 10.5 Å². The first-order chi connectivity index (χ1) is 16.0. The molecule has 1 N–H and O–H groups in total. The number of nitrogens with one attached hydrogen (secondary N) is 1. The Kier molecular flexibility index (Phi) is 5.23. The molecule has 0 radical (unpaired) electrons. The second-order valence-electron chi connectivity index (χ2n) is 7.10. The van der Waals surface area contributed by atoms with Crippen molar-refractivity contribution in [1.82, 2.24) is 4.98 Å². The molecule has 5 rings (SSSR count). The summed E-state index contributed by atoms with van der Waals surface area (Å²) in [7, 11) is 0. The van der Waals surface area contributed by atoms with Crippen LogP contribution in [-0.2, 0) is 0 Å². The topological polar surface area (TPSA) is 111 Å². The molecular formula is C24H14BrN3O5. The standard InChI is InChI=1S/C24H14BrN3O5/c25-15-5-3-4-14(12-15)24-27-18-13-16(8-9-21(18)33-24)26-23(29)22-11-10-20(32-22)17-6-1-2-7-19(17)28(30)31/h1-13H,(H,26,29). The number of para-hydroxylation sites is 1.